The van der Waals surface area contributed by atoms with Crippen LogP contribution < -0.4 is 21.5 Å². The number of hydrogen-bond acceptors (Lipinski definition) is 8. The number of phenolic OH excluding ortho intramolecular Hbond substituents is 1. The van der Waals surface area contributed by atoms with E-state index in [4.69, 9.17) is 5.73 Å². The number of aromatic hydroxyl groups is 1. The zero-order chi connectivity index (χ0) is 26.5. The molecule has 11 heteroatoms. The molecule has 4 atom stereocenters. The third kappa shape index (κ3) is 7.05. The van der Waals surface area contributed by atoms with Crippen LogP contribution in [0.4, 0.5) is 0 Å². The van der Waals surface area contributed by atoms with Crippen LogP contribution in [-0.2, 0) is 25.6 Å². The topological polar surface area (TPSA) is 202 Å². The Labute approximate surface area is 208 Å². The lowest BCUT2D eigenvalue weighted by atomic mass is 9.79. The molecule has 0 unspecified atom stereocenters. The second-order valence-corrected chi connectivity index (χ2v) is 9.78. The average molecular weight is 503 g/mol. The Morgan fingerprint density at radius 2 is 1.72 bits per heavy atom. The molecule has 7 N–H and O–H groups in total. The van der Waals surface area contributed by atoms with Gasteiger partial charge in [-0.2, -0.15) is 0 Å². The number of nitrogens with two attached hydrogens (primary N) is 1. The Morgan fingerprint density at radius 3 is 2.31 bits per heavy atom. The average Bonchev–Trinajstić information content (AvgIpc) is 3.24. The summed E-state index contributed by atoms with van der Waals surface area (Å²) in [5.74, 6) is -3.16. The number of rotatable bonds is 10. The van der Waals surface area contributed by atoms with E-state index in [2.05, 4.69) is 10.6 Å². The SMILES string of the molecule is NC(=O)[C@H](Cc1ccc(O)cc1)NC(=O)C1=C[C@@H](NC(=O)CC2(CC(=O)[O-])CCCC2)[C@@H](O)[C@H](O)C1. The molecule has 3 amide bonds. The number of carbonyl (C=O) groups is 4. The summed E-state index contributed by atoms with van der Waals surface area (Å²) in [6.07, 6.45) is 0.890. The van der Waals surface area contributed by atoms with Crippen molar-refractivity contribution in [1.82, 2.24) is 10.6 Å². The number of nitrogens with one attached hydrogen (secondary N) is 2. The lowest BCUT2D eigenvalue weighted by Crippen LogP contribution is -2.53. The molecule has 0 spiro atoms. The Balaban J connectivity index is 1.69. The molecule has 0 saturated heterocycles. The molecule has 0 radical (unpaired) electrons. The first-order chi connectivity index (χ1) is 17.0. The number of amides is 3. The van der Waals surface area contributed by atoms with Gasteiger partial charge in [-0.05, 0) is 42.4 Å². The molecule has 2 aliphatic carbocycles. The molecule has 36 heavy (non-hydrogen) atoms. The number of phenols is 1. The number of carbonyl (C=O) groups excluding carboxylic acids is 4. The maximum atomic E-state index is 12.9. The van der Waals surface area contributed by atoms with Gasteiger partial charge in [-0.25, -0.2) is 0 Å². The minimum Gasteiger partial charge on any atom is -0.550 e. The molecular weight excluding hydrogens is 470 g/mol. The number of hydrogen-bond donors (Lipinski definition) is 6. The zero-order valence-electron chi connectivity index (χ0n) is 19.8. The smallest absolute Gasteiger partial charge is 0.247 e. The highest BCUT2D eigenvalue weighted by Gasteiger charge is 2.38. The minimum absolute atomic E-state index is 0.0462. The van der Waals surface area contributed by atoms with Crippen molar-refractivity contribution in [3.63, 3.8) is 0 Å². The molecule has 0 heterocycles. The summed E-state index contributed by atoms with van der Waals surface area (Å²) in [5.41, 5.74) is 5.43. The molecule has 2 aliphatic rings. The quantitative estimate of drug-likeness (QED) is 0.222. The van der Waals surface area contributed by atoms with E-state index in [1.54, 1.807) is 12.1 Å². The number of aliphatic hydroxyl groups is 2. The van der Waals surface area contributed by atoms with Crippen LogP contribution in [-0.4, -0.2) is 63.3 Å². The predicted octanol–water partition coefficient (Wildman–Crippen LogP) is -1.47. The summed E-state index contributed by atoms with van der Waals surface area (Å²) in [7, 11) is 0. The van der Waals surface area contributed by atoms with Crippen molar-refractivity contribution in [1.29, 1.82) is 0 Å². The number of carboxylic acid groups (broad SMARTS) is 1. The first-order valence-electron chi connectivity index (χ1n) is 11.9. The highest BCUT2D eigenvalue weighted by Crippen LogP contribution is 2.43. The fraction of sp³-hybridized carbons (Fsp3) is 0.520. The van der Waals surface area contributed by atoms with E-state index < -0.39 is 53.4 Å². The Kier molecular flexibility index (Phi) is 8.70. The van der Waals surface area contributed by atoms with E-state index >= 15 is 0 Å². The van der Waals surface area contributed by atoms with Gasteiger partial charge in [-0.15, -0.1) is 0 Å². The highest BCUT2D eigenvalue weighted by atomic mass is 16.4. The van der Waals surface area contributed by atoms with Crippen molar-refractivity contribution >= 4 is 23.7 Å². The molecule has 0 bridgehead atoms. The van der Waals surface area contributed by atoms with Crippen LogP contribution in [0.3, 0.4) is 0 Å². The number of primary amides is 1. The predicted molar refractivity (Wildman–Crippen MR) is 125 cm³/mol. The first kappa shape index (κ1) is 27.2. The fourth-order valence-corrected chi connectivity index (χ4v) is 5.03. The van der Waals surface area contributed by atoms with Crippen molar-refractivity contribution < 1.29 is 39.6 Å². The van der Waals surface area contributed by atoms with Crippen LogP contribution >= 0.6 is 0 Å². The van der Waals surface area contributed by atoms with Gasteiger partial charge in [0.15, 0.2) is 0 Å². The zero-order valence-corrected chi connectivity index (χ0v) is 19.8. The van der Waals surface area contributed by atoms with E-state index in [9.17, 15) is 39.6 Å². The van der Waals surface area contributed by atoms with Crippen molar-refractivity contribution in [2.75, 3.05) is 0 Å². The first-order valence-corrected chi connectivity index (χ1v) is 11.9. The maximum Gasteiger partial charge on any atom is 0.247 e. The van der Waals surface area contributed by atoms with Crippen LogP contribution in [0.2, 0.25) is 0 Å². The number of aliphatic carboxylic acids is 1. The largest absolute Gasteiger partial charge is 0.550 e. The second kappa shape index (κ2) is 11.5. The molecule has 0 aliphatic heterocycles. The number of aliphatic hydroxyl groups excluding tert-OH is 2. The Morgan fingerprint density at radius 1 is 1.08 bits per heavy atom. The van der Waals surface area contributed by atoms with Crippen molar-refractivity contribution in [3.05, 3.63) is 41.5 Å². The molecule has 1 aromatic rings. The standard InChI is InChI=1S/C25H33N3O8/c26-23(35)18(9-14-3-5-16(29)6-4-14)28-24(36)15-10-17(22(34)19(30)11-15)27-20(31)12-25(13-21(32)33)7-1-2-8-25/h3-6,10,17-19,22,29-30,34H,1-2,7-9,11-13H2,(H2,26,35)(H,27,31)(H,28,36)(H,32,33)/p-1/t17-,18+,19-,22-/m1/s1. The molecule has 1 aromatic carbocycles. The van der Waals surface area contributed by atoms with Crippen LogP contribution in [0.25, 0.3) is 0 Å². The summed E-state index contributed by atoms with van der Waals surface area (Å²) in [6, 6.07) is 3.87. The number of carboxylic acids is 1. The molecule has 11 nitrogen and oxygen atoms in total. The molecule has 196 valence electrons. The van der Waals surface area contributed by atoms with E-state index in [1.165, 1.54) is 18.2 Å². The maximum absolute atomic E-state index is 12.9. The van der Waals surface area contributed by atoms with Gasteiger partial charge >= 0.3 is 0 Å². The lowest BCUT2D eigenvalue weighted by molar-refractivity contribution is -0.308. The lowest BCUT2D eigenvalue weighted by Gasteiger charge is -2.33. The van der Waals surface area contributed by atoms with Gasteiger partial charge in [-0.3, -0.25) is 14.4 Å². The summed E-state index contributed by atoms with van der Waals surface area (Å²) in [5, 5.41) is 46.4. The van der Waals surface area contributed by atoms with Gasteiger partial charge in [0.2, 0.25) is 17.7 Å². The van der Waals surface area contributed by atoms with Crippen LogP contribution in [0.5, 0.6) is 5.75 Å². The van der Waals surface area contributed by atoms with Crippen molar-refractivity contribution in [3.8, 4) is 5.75 Å². The van der Waals surface area contributed by atoms with Crippen LogP contribution in [0.15, 0.2) is 35.9 Å². The third-order valence-corrected chi connectivity index (χ3v) is 6.94. The van der Waals surface area contributed by atoms with Gasteiger partial charge in [0, 0.05) is 30.8 Å². The van der Waals surface area contributed by atoms with Gasteiger partial charge in [-0.1, -0.05) is 31.1 Å². The van der Waals surface area contributed by atoms with Gasteiger partial charge in [0.1, 0.15) is 17.9 Å². The second-order valence-electron chi connectivity index (χ2n) is 9.78. The molecular formula is C25H32N3O8-. The van der Waals surface area contributed by atoms with Crippen molar-refractivity contribution in [2.24, 2.45) is 11.1 Å². The fourth-order valence-electron chi connectivity index (χ4n) is 5.03. The molecule has 1 fully saturated rings. The Hall–Kier alpha value is -3.44. The molecule has 1 saturated carbocycles. The van der Waals surface area contributed by atoms with Crippen LogP contribution in [0.1, 0.15) is 50.5 Å². The summed E-state index contributed by atoms with van der Waals surface area (Å²) >= 11 is 0. The van der Waals surface area contributed by atoms with Gasteiger partial charge in [0.25, 0.3) is 0 Å². The molecule has 3 rings (SSSR count). The number of benzene rings is 1. The summed E-state index contributed by atoms with van der Waals surface area (Å²) in [6.45, 7) is 0. The normalized spacial score (nSPS) is 23.8. The van der Waals surface area contributed by atoms with E-state index in [-0.39, 0.29) is 37.0 Å². The van der Waals surface area contributed by atoms with Crippen molar-refractivity contribution in [2.45, 2.75) is 75.7 Å². The highest BCUT2D eigenvalue weighted by molar-refractivity contribution is 5.97. The molecule has 0 aromatic heterocycles. The third-order valence-electron chi connectivity index (χ3n) is 6.94. The summed E-state index contributed by atoms with van der Waals surface area (Å²) in [4.78, 5) is 48.8. The van der Waals surface area contributed by atoms with Crippen LogP contribution in [0, 0.1) is 5.41 Å². The van der Waals surface area contributed by atoms with E-state index in [0.717, 1.165) is 12.8 Å². The van der Waals surface area contributed by atoms with E-state index in [0.29, 0.717) is 18.4 Å². The minimum atomic E-state index is -1.38. The Bertz CT molecular complexity index is 1020. The van der Waals surface area contributed by atoms with Gasteiger partial charge < -0.3 is 41.6 Å². The van der Waals surface area contributed by atoms with Gasteiger partial charge in [0.05, 0.1) is 12.1 Å². The monoisotopic (exact) mass is 502 g/mol. The summed E-state index contributed by atoms with van der Waals surface area (Å²) < 4.78 is 0. The van der Waals surface area contributed by atoms with E-state index in [1.807, 2.05) is 0 Å².